The molecule has 7 nitrogen and oxygen atoms in total. The second-order valence-corrected chi connectivity index (χ2v) is 6.36. The molecule has 108 valence electrons. The Morgan fingerprint density at radius 1 is 1.58 bits per heavy atom. The van der Waals surface area contributed by atoms with E-state index in [1.54, 1.807) is 0 Å². The van der Waals surface area contributed by atoms with Gasteiger partial charge in [0.15, 0.2) is 0 Å². The number of aliphatic hydroxyl groups is 1. The Hall–Kier alpha value is -1.00. The van der Waals surface area contributed by atoms with Crippen molar-refractivity contribution in [2.24, 2.45) is 0 Å². The van der Waals surface area contributed by atoms with E-state index in [2.05, 4.69) is 4.72 Å². The molecule has 0 aliphatic carbocycles. The number of rotatable bonds is 8. The quantitative estimate of drug-likeness (QED) is 0.629. The molecule has 9 heteroatoms. The van der Waals surface area contributed by atoms with Gasteiger partial charge in [0.2, 0.25) is 10.0 Å². The summed E-state index contributed by atoms with van der Waals surface area (Å²) >= 11 is 0.839. The number of nitrogens with one attached hydrogen (secondary N) is 1. The number of methoxy groups -OCH3 is 1. The lowest BCUT2D eigenvalue weighted by atomic mass is 10.2. The summed E-state index contributed by atoms with van der Waals surface area (Å²) in [4.78, 5) is 10.6. The summed E-state index contributed by atoms with van der Waals surface area (Å²) in [6.45, 7) is -0.0593. The number of hydrogen-bond acceptors (Lipinski definition) is 6. The van der Waals surface area contributed by atoms with E-state index in [4.69, 9.17) is 14.9 Å². The molecule has 0 aliphatic rings. The monoisotopic (exact) mass is 309 g/mol. The highest BCUT2D eigenvalue weighted by Crippen LogP contribution is 2.19. The van der Waals surface area contributed by atoms with Gasteiger partial charge in [-0.1, -0.05) is 0 Å². The molecule has 1 rings (SSSR count). The van der Waals surface area contributed by atoms with E-state index in [1.165, 1.54) is 12.5 Å². The molecule has 3 N–H and O–H groups in total. The third kappa shape index (κ3) is 4.55. The summed E-state index contributed by atoms with van der Waals surface area (Å²) in [6, 6.07) is 0.534. The summed E-state index contributed by atoms with van der Waals surface area (Å²) in [5.41, 5.74) is 0. The van der Waals surface area contributed by atoms with E-state index in [-0.39, 0.29) is 29.4 Å². The van der Waals surface area contributed by atoms with Crippen molar-refractivity contribution in [3.63, 3.8) is 0 Å². The lowest BCUT2D eigenvalue weighted by Crippen LogP contribution is -2.38. The largest absolute Gasteiger partial charge is 0.477 e. The van der Waals surface area contributed by atoms with E-state index in [1.807, 2.05) is 0 Å². The Labute approximate surface area is 114 Å². The van der Waals surface area contributed by atoms with Gasteiger partial charge in [-0.05, 0) is 12.5 Å². The summed E-state index contributed by atoms with van der Waals surface area (Å²) in [7, 11) is -2.39. The van der Waals surface area contributed by atoms with Crippen LogP contribution >= 0.6 is 11.3 Å². The Bertz CT molecular complexity index is 518. The number of carboxylic acids is 1. The topological polar surface area (TPSA) is 113 Å². The van der Waals surface area contributed by atoms with Crippen LogP contribution in [-0.4, -0.2) is 51.0 Å². The molecule has 0 saturated heterocycles. The summed E-state index contributed by atoms with van der Waals surface area (Å²) in [6.07, 6.45) is 0.211. The fraction of sp³-hybridized carbons (Fsp3) is 0.500. The van der Waals surface area contributed by atoms with Gasteiger partial charge >= 0.3 is 5.97 Å². The van der Waals surface area contributed by atoms with Crippen LogP contribution in [0.5, 0.6) is 0 Å². The number of thiophene rings is 1. The fourth-order valence-corrected chi connectivity index (χ4v) is 3.76. The first-order valence-electron chi connectivity index (χ1n) is 5.34. The maximum atomic E-state index is 12.0. The van der Waals surface area contributed by atoms with Crippen LogP contribution in [0.4, 0.5) is 0 Å². The minimum Gasteiger partial charge on any atom is -0.477 e. The number of carbonyl (C=O) groups is 1. The summed E-state index contributed by atoms with van der Waals surface area (Å²) < 4.78 is 31.2. The van der Waals surface area contributed by atoms with Gasteiger partial charge < -0.3 is 14.9 Å². The Balaban J connectivity index is 2.86. The maximum absolute atomic E-state index is 12.0. The molecule has 1 aromatic rings. The van der Waals surface area contributed by atoms with Crippen molar-refractivity contribution in [1.82, 2.24) is 4.72 Å². The standard InChI is InChI=1S/C10H15NO6S2/c1-17-5-7(2-3-12)11-19(15,16)8-4-9(10(13)14)18-6-8/h4,6-7,11-12H,2-3,5H2,1H3,(H,13,14). The van der Waals surface area contributed by atoms with Gasteiger partial charge in [0.25, 0.3) is 0 Å². The molecule has 1 atom stereocenters. The molecular weight excluding hydrogens is 294 g/mol. The van der Waals surface area contributed by atoms with Crippen molar-refractivity contribution in [3.8, 4) is 0 Å². The van der Waals surface area contributed by atoms with Crippen LogP contribution in [0.2, 0.25) is 0 Å². The maximum Gasteiger partial charge on any atom is 0.345 e. The van der Waals surface area contributed by atoms with Crippen molar-refractivity contribution < 1.29 is 28.2 Å². The zero-order valence-corrected chi connectivity index (χ0v) is 11.8. The van der Waals surface area contributed by atoms with Gasteiger partial charge in [-0.15, -0.1) is 11.3 Å². The molecule has 1 heterocycles. The minimum absolute atomic E-state index is 0.0502. The lowest BCUT2D eigenvalue weighted by molar-refractivity contribution is 0.0702. The molecule has 1 unspecified atom stereocenters. The predicted octanol–water partition coefficient (Wildman–Crippen LogP) is 0.122. The predicted molar refractivity (Wildman–Crippen MR) is 69.0 cm³/mol. The number of aliphatic hydroxyl groups excluding tert-OH is 1. The molecule has 0 aliphatic heterocycles. The Morgan fingerprint density at radius 3 is 2.74 bits per heavy atom. The van der Waals surface area contributed by atoms with Gasteiger partial charge in [0, 0.05) is 25.1 Å². The average Bonchev–Trinajstić information content (AvgIpc) is 2.79. The van der Waals surface area contributed by atoms with Crippen LogP contribution in [0.15, 0.2) is 16.3 Å². The highest BCUT2D eigenvalue weighted by Gasteiger charge is 2.22. The van der Waals surface area contributed by atoms with Crippen LogP contribution in [-0.2, 0) is 14.8 Å². The van der Waals surface area contributed by atoms with Gasteiger partial charge in [0.05, 0.1) is 11.5 Å². The third-order valence-electron chi connectivity index (χ3n) is 2.26. The smallest absolute Gasteiger partial charge is 0.345 e. The second kappa shape index (κ2) is 6.96. The van der Waals surface area contributed by atoms with E-state index in [0.717, 1.165) is 17.4 Å². The first kappa shape index (κ1) is 16.1. The number of aromatic carboxylic acids is 1. The zero-order valence-electron chi connectivity index (χ0n) is 10.2. The van der Waals surface area contributed by atoms with Gasteiger partial charge in [-0.25, -0.2) is 17.9 Å². The average molecular weight is 309 g/mol. The molecule has 0 saturated carbocycles. The Kier molecular flexibility index (Phi) is 5.88. The summed E-state index contributed by atoms with van der Waals surface area (Å²) in [5.74, 6) is -1.17. The molecule has 1 aromatic heterocycles. The fourth-order valence-electron chi connectivity index (χ4n) is 1.39. The van der Waals surface area contributed by atoms with Crippen LogP contribution in [0.1, 0.15) is 16.1 Å². The zero-order chi connectivity index (χ0) is 14.5. The van der Waals surface area contributed by atoms with E-state index >= 15 is 0 Å². The highest BCUT2D eigenvalue weighted by molar-refractivity contribution is 7.89. The molecule has 0 bridgehead atoms. The van der Waals surface area contributed by atoms with Gasteiger partial charge in [0.1, 0.15) is 4.88 Å². The van der Waals surface area contributed by atoms with Gasteiger partial charge in [-0.2, -0.15) is 0 Å². The molecule has 0 radical (unpaired) electrons. The van der Waals surface area contributed by atoms with E-state index in [9.17, 15) is 13.2 Å². The van der Waals surface area contributed by atoms with Gasteiger partial charge in [-0.3, -0.25) is 0 Å². The molecule has 0 fully saturated rings. The third-order valence-corrected chi connectivity index (χ3v) is 4.83. The van der Waals surface area contributed by atoms with E-state index < -0.39 is 22.0 Å². The Morgan fingerprint density at radius 2 is 2.26 bits per heavy atom. The van der Waals surface area contributed by atoms with Crippen molar-refractivity contribution in [3.05, 3.63) is 16.3 Å². The minimum atomic E-state index is -3.81. The highest BCUT2D eigenvalue weighted by atomic mass is 32.2. The normalized spacial score (nSPS) is 13.4. The number of sulfonamides is 1. The van der Waals surface area contributed by atoms with Crippen LogP contribution < -0.4 is 4.72 Å². The molecule has 19 heavy (non-hydrogen) atoms. The van der Waals surface area contributed by atoms with Crippen molar-refractivity contribution in [2.75, 3.05) is 20.3 Å². The molecule has 0 amide bonds. The first-order valence-corrected chi connectivity index (χ1v) is 7.71. The number of hydrogen-bond donors (Lipinski definition) is 3. The van der Waals surface area contributed by atoms with Crippen LogP contribution in [0, 0.1) is 0 Å². The molecule has 0 spiro atoms. The van der Waals surface area contributed by atoms with Crippen molar-refractivity contribution in [1.29, 1.82) is 0 Å². The van der Waals surface area contributed by atoms with E-state index in [0.29, 0.717) is 0 Å². The first-order chi connectivity index (χ1) is 8.90. The lowest BCUT2D eigenvalue weighted by Gasteiger charge is -2.16. The van der Waals surface area contributed by atoms with Crippen molar-refractivity contribution in [2.45, 2.75) is 17.4 Å². The van der Waals surface area contributed by atoms with Crippen LogP contribution in [0.3, 0.4) is 0 Å². The SMILES string of the molecule is COCC(CCO)NS(=O)(=O)c1csc(C(=O)O)c1. The second-order valence-electron chi connectivity index (χ2n) is 3.74. The molecular formula is C10H15NO6S2. The summed E-state index contributed by atoms with van der Waals surface area (Å²) in [5, 5.41) is 18.9. The van der Waals surface area contributed by atoms with Crippen molar-refractivity contribution >= 4 is 27.3 Å². The number of ether oxygens (including phenoxy) is 1. The number of carboxylic acid groups (broad SMARTS) is 1. The van der Waals surface area contributed by atoms with Crippen LogP contribution in [0.25, 0.3) is 0 Å². The molecule has 0 aromatic carbocycles.